The number of ether oxygens (including phenoxy) is 1. The van der Waals surface area contributed by atoms with Crippen LogP contribution in [0.3, 0.4) is 0 Å². The molecule has 1 aromatic heterocycles. The van der Waals surface area contributed by atoms with E-state index in [1.54, 1.807) is 33.8 Å². The summed E-state index contributed by atoms with van der Waals surface area (Å²) in [6, 6.07) is 8.95. The van der Waals surface area contributed by atoms with Gasteiger partial charge in [-0.1, -0.05) is 35.8 Å². The molecule has 2 aromatic rings. The van der Waals surface area contributed by atoms with Crippen LogP contribution in [0.5, 0.6) is 5.75 Å². The Bertz CT molecular complexity index is 791. The van der Waals surface area contributed by atoms with E-state index in [1.165, 1.54) is 7.11 Å². The van der Waals surface area contributed by atoms with E-state index in [-0.39, 0.29) is 4.90 Å². The van der Waals surface area contributed by atoms with Gasteiger partial charge >= 0.3 is 0 Å². The van der Waals surface area contributed by atoms with E-state index in [9.17, 15) is 8.42 Å². The van der Waals surface area contributed by atoms with Crippen molar-refractivity contribution in [1.82, 2.24) is 9.21 Å². The minimum Gasteiger partial charge on any atom is -0.495 e. The molecule has 0 saturated carbocycles. The first kappa shape index (κ1) is 21.4. The van der Waals surface area contributed by atoms with Crippen molar-refractivity contribution >= 4 is 37.3 Å². The van der Waals surface area contributed by atoms with Gasteiger partial charge in [0.2, 0.25) is 10.0 Å². The summed E-state index contributed by atoms with van der Waals surface area (Å²) in [7, 11) is -2.21. The lowest BCUT2D eigenvalue weighted by Gasteiger charge is -2.26. The van der Waals surface area contributed by atoms with Gasteiger partial charge in [-0.3, -0.25) is 0 Å². The zero-order valence-corrected chi connectivity index (χ0v) is 18.5. The third kappa shape index (κ3) is 5.29. The van der Waals surface area contributed by atoms with Crippen LogP contribution in [0.4, 0.5) is 0 Å². The zero-order valence-electron chi connectivity index (χ0n) is 15.3. The lowest BCUT2D eigenvalue weighted by Crippen LogP contribution is -2.38. The monoisotopic (exact) mass is 460 g/mol. The summed E-state index contributed by atoms with van der Waals surface area (Å²) in [5, 5.41) is 1.96. The van der Waals surface area contributed by atoms with Gasteiger partial charge in [-0.2, -0.15) is 4.31 Å². The van der Waals surface area contributed by atoms with Gasteiger partial charge in [0.1, 0.15) is 10.6 Å². The van der Waals surface area contributed by atoms with E-state index in [0.717, 1.165) is 18.0 Å². The van der Waals surface area contributed by atoms with Gasteiger partial charge in [0.15, 0.2) is 0 Å². The molecule has 1 aromatic carbocycles. The number of sulfonamides is 1. The van der Waals surface area contributed by atoms with Crippen LogP contribution in [-0.4, -0.2) is 50.9 Å². The topological polar surface area (TPSA) is 49.9 Å². The Morgan fingerprint density at radius 3 is 2.46 bits per heavy atom. The highest BCUT2D eigenvalue weighted by Gasteiger charge is 2.28. The van der Waals surface area contributed by atoms with Gasteiger partial charge < -0.3 is 9.64 Å². The molecule has 0 atom stereocenters. The molecule has 0 aliphatic rings. The second-order valence-corrected chi connectivity index (χ2v) is 9.59. The maximum atomic E-state index is 13.4. The molecule has 0 N–H and O–H groups in total. The molecule has 5 nitrogen and oxygen atoms in total. The third-order valence-electron chi connectivity index (χ3n) is 4.22. The summed E-state index contributed by atoms with van der Waals surface area (Å²) in [6.07, 6.45) is 0. The van der Waals surface area contributed by atoms with Gasteiger partial charge in [0.05, 0.1) is 7.11 Å². The number of likely N-dealkylation sites (N-methyl/N-ethyl adjacent to an activating group) is 1. The molecule has 1 heterocycles. The summed E-state index contributed by atoms with van der Waals surface area (Å²) in [4.78, 5) is 3.42. The molecule has 0 amide bonds. The molecular formula is C18H25BrN2O3S2. The summed E-state index contributed by atoms with van der Waals surface area (Å²) in [6.45, 7) is 7.42. The molecule has 0 aliphatic heterocycles. The number of thiophene rings is 1. The van der Waals surface area contributed by atoms with E-state index >= 15 is 0 Å². The number of halogens is 1. The van der Waals surface area contributed by atoms with Crippen LogP contribution >= 0.6 is 27.3 Å². The summed E-state index contributed by atoms with van der Waals surface area (Å²) in [5.74, 6) is 0.354. The predicted octanol–water partition coefficient (Wildman–Crippen LogP) is 4.05. The van der Waals surface area contributed by atoms with E-state index in [2.05, 4.69) is 34.7 Å². The van der Waals surface area contributed by atoms with E-state index in [1.807, 2.05) is 17.5 Å². The lowest BCUT2D eigenvalue weighted by molar-refractivity contribution is 0.269. The van der Waals surface area contributed by atoms with Gasteiger partial charge in [0, 0.05) is 29.0 Å². The van der Waals surface area contributed by atoms with Gasteiger partial charge in [-0.15, -0.1) is 11.3 Å². The Morgan fingerprint density at radius 2 is 1.88 bits per heavy atom. The molecule has 2 rings (SSSR count). The Kier molecular flexibility index (Phi) is 8.09. The number of hydrogen-bond donors (Lipinski definition) is 0. The van der Waals surface area contributed by atoms with Crippen molar-refractivity contribution in [3.05, 3.63) is 45.1 Å². The van der Waals surface area contributed by atoms with Crippen LogP contribution in [-0.2, 0) is 16.6 Å². The molecule has 144 valence electrons. The maximum absolute atomic E-state index is 13.4. The fraction of sp³-hybridized carbons (Fsp3) is 0.444. The van der Waals surface area contributed by atoms with Gasteiger partial charge in [-0.05, 0) is 42.7 Å². The fourth-order valence-corrected chi connectivity index (χ4v) is 5.55. The van der Waals surface area contributed by atoms with E-state index in [0.29, 0.717) is 29.9 Å². The third-order valence-corrected chi connectivity index (χ3v) is 7.44. The molecule has 0 aliphatic carbocycles. The smallest absolute Gasteiger partial charge is 0.247 e. The number of methoxy groups -OCH3 is 1. The van der Waals surface area contributed by atoms with Crippen LogP contribution in [0.25, 0.3) is 0 Å². The van der Waals surface area contributed by atoms with Crippen molar-refractivity contribution in [3.8, 4) is 5.75 Å². The van der Waals surface area contributed by atoms with Crippen molar-refractivity contribution in [3.63, 3.8) is 0 Å². The van der Waals surface area contributed by atoms with Crippen LogP contribution in [0.15, 0.2) is 45.1 Å². The van der Waals surface area contributed by atoms with Crippen LogP contribution in [0, 0.1) is 0 Å². The molecule has 8 heteroatoms. The maximum Gasteiger partial charge on any atom is 0.247 e. The predicted molar refractivity (Wildman–Crippen MR) is 110 cm³/mol. The molecule has 0 fully saturated rings. The first-order valence-electron chi connectivity index (χ1n) is 8.50. The SMILES string of the molecule is CCN(CC)CCN(Cc1cccs1)S(=O)(=O)c1cc(Br)ccc1OC. The Hall–Kier alpha value is -0.930. The van der Waals surface area contributed by atoms with Crippen LogP contribution in [0.2, 0.25) is 0 Å². The fourth-order valence-electron chi connectivity index (χ4n) is 2.64. The molecule has 0 radical (unpaired) electrons. The summed E-state index contributed by atoms with van der Waals surface area (Å²) in [5.41, 5.74) is 0. The number of rotatable bonds is 10. The first-order chi connectivity index (χ1) is 12.4. The first-order valence-corrected chi connectivity index (χ1v) is 11.6. The van der Waals surface area contributed by atoms with Crippen molar-refractivity contribution in [1.29, 1.82) is 0 Å². The van der Waals surface area contributed by atoms with E-state index < -0.39 is 10.0 Å². The van der Waals surface area contributed by atoms with Crippen LogP contribution < -0.4 is 4.74 Å². The van der Waals surface area contributed by atoms with Crippen molar-refractivity contribution < 1.29 is 13.2 Å². The largest absolute Gasteiger partial charge is 0.495 e. The highest BCUT2D eigenvalue weighted by atomic mass is 79.9. The quantitative estimate of drug-likeness (QED) is 0.536. The van der Waals surface area contributed by atoms with Gasteiger partial charge in [0.25, 0.3) is 0 Å². The average molecular weight is 461 g/mol. The summed E-state index contributed by atoms with van der Waals surface area (Å²) < 4.78 is 34.3. The molecule has 0 unspecified atom stereocenters. The molecule has 26 heavy (non-hydrogen) atoms. The molecule has 0 bridgehead atoms. The van der Waals surface area contributed by atoms with E-state index in [4.69, 9.17) is 4.74 Å². The highest BCUT2D eigenvalue weighted by molar-refractivity contribution is 9.10. The Morgan fingerprint density at radius 1 is 1.15 bits per heavy atom. The minimum absolute atomic E-state index is 0.186. The number of hydrogen-bond acceptors (Lipinski definition) is 5. The van der Waals surface area contributed by atoms with Crippen molar-refractivity contribution in [2.45, 2.75) is 25.3 Å². The van der Waals surface area contributed by atoms with Crippen molar-refractivity contribution in [2.75, 3.05) is 33.3 Å². The Balaban J connectivity index is 2.37. The second kappa shape index (κ2) is 9.85. The molecule has 0 spiro atoms. The van der Waals surface area contributed by atoms with Crippen LogP contribution in [0.1, 0.15) is 18.7 Å². The normalized spacial score (nSPS) is 12.1. The Labute approximate surface area is 168 Å². The summed E-state index contributed by atoms with van der Waals surface area (Å²) >= 11 is 4.93. The molecule has 0 saturated heterocycles. The number of benzene rings is 1. The zero-order chi connectivity index (χ0) is 19.2. The highest BCUT2D eigenvalue weighted by Crippen LogP contribution is 2.31. The second-order valence-electron chi connectivity index (χ2n) is 5.74. The van der Waals surface area contributed by atoms with Gasteiger partial charge in [-0.25, -0.2) is 8.42 Å². The minimum atomic E-state index is -3.70. The standard InChI is InChI=1S/C18H25BrN2O3S2/c1-4-20(5-2)10-11-21(14-16-7-6-12-25-16)26(22,23)18-13-15(19)8-9-17(18)24-3/h6-9,12-13H,4-5,10-11,14H2,1-3H3. The van der Waals surface area contributed by atoms with Crippen molar-refractivity contribution in [2.24, 2.45) is 0 Å². The average Bonchev–Trinajstić information content (AvgIpc) is 3.14. The molecular weight excluding hydrogens is 436 g/mol. The lowest BCUT2D eigenvalue weighted by atomic mass is 10.3. The number of nitrogens with zero attached hydrogens (tertiary/aromatic N) is 2.